The molecule has 2 aromatic carbocycles. The van der Waals surface area contributed by atoms with Gasteiger partial charge in [0.05, 0.1) is 0 Å². The third-order valence-electron chi connectivity index (χ3n) is 4.15. The zero-order valence-electron chi connectivity index (χ0n) is 15.1. The zero-order valence-corrected chi connectivity index (χ0v) is 15.1. The van der Waals surface area contributed by atoms with E-state index in [1.54, 1.807) is 0 Å². The summed E-state index contributed by atoms with van der Waals surface area (Å²) >= 11 is 0. The van der Waals surface area contributed by atoms with Gasteiger partial charge < -0.3 is 27.4 Å². The van der Waals surface area contributed by atoms with Gasteiger partial charge in [-0.25, -0.2) is 0 Å². The van der Waals surface area contributed by atoms with Crippen molar-refractivity contribution in [1.82, 2.24) is 5.32 Å². The number of nitrogens with one attached hydrogen (secondary N) is 3. The van der Waals surface area contributed by atoms with E-state index in [1.807, 2.05) is 48.5 Å². The second-order valence-electron chi connectivity index (χ2n) is 6.33. The number of hydrogen-bond donors (Lipinski definition) is 5. The van der Waals surface area contributed by atoms with Crippen molar-refractivity contribution in [3.8, 4) is 0 Å². The third-order valence-corrected chi connectivity index (χ3v) is 4.15. The van der Waals surface area contributed by atoms with E-state index >= 15 is 0 Å². The summed E-state index contributed by atoms with van der Waals surface area (Å²) < 4.78 is 0. The Morgan fingerprint density at radius 1 is 0.720 bits per heavy atom. The molecule has 0 saturated carbocycles. The van der Waals surface area contributed by atoms with Crippen molar-refractivity contribution in [3.63, 3.8) is 0 Å². The van der Waals surface area contributed by atoms with Crippen LogP contribution in [-0.2, 0) is 0 Å². The van der Waals surface area contributed by atoms with E-state index in [2.05, 4.69) is 22.9 Å². The molecule has 0 fully saturated rings. The Labute approximate surface area is 151 Å². The second kappa shape index (κ2) is 10.5. The van der Waals surface area contributed by atoms with Gasteiger partial charge in [0, 0.05) is 41.9 Å². The number of nitrogen functional groups attached to an aromatic ring is 2. The Hall–Kier alpha value is -2.40. The first-order valence-electron chi connectivity index (χ1n) is 9.09. The van der Waals surface area contributed by atoms with Gasteiger partial charge in [-0.3, -0.25) is 0 Å². The smallest absolute Gasteiger partial charge is 0.0341 e. The maximum Gasteiger partial charge on any atom is 0.0341 e. The van der Waals surface area contributed by atoms with E-state index in [4.69, 9.17) is 11.5 Å². The first kappa shape index (κ1) is 18.9. The Bertz CT molecular complexity index is 543. The molecular formula is C20H31N5. The van der Waals surface area contributed by atoms with Crippen molar-refractivity contribution in [2.24, 2.45) is 0 Å². The fraction of sp³-hybridized carbons (Fsp3) is 0.400. The molecule has 0 aromatic heterocycles. The Kier molecular flexibility index (Phi) is 7.92. The average molecular weight is 342 g/mol. The predicted molar refractivity (Wildman–Crippen MR) is 110 cm³/mol. The summed E-state index contributed by atoms with van der Waals surface area (Å²) in [5, 5.41) is 10.6. The average Bonchev–Trinajstić information content (AvgIpc) is 2.62. The van der Waals surface area contributed by atoms with E-state index < -0.39 is 0 Å². The minimum atomic E-state index is 0.488. The van der Waals surface area contributed by atoms with Crippen LogP contribution >= 0.6 is 0 Å². The van der Waals surface area contributed by atoms with Crippen LogP contribution in [0, 0.1) is 0 Å². The van der Waals surface area contributed by atoms with E-state index in [9.17, 15) is 0 Å². The highest BCUT2D eigenvalue weighted by Crippen LogP contribution is 2.12. The van der Waals surface area contributed by atoms with Crippen LogP contribution in [0.1, 0.15) is 26.2 Å². The lowest BCUT2D eigenvalue weighted by atomic mass is 10.1. The summed E-state index contributed by atoms with van der Waals surface area (Å²) in [4.78, 5) is 0. The molecule has 0 saturated heterocycles. The van der Waals surface area contributed by atoms with Crippen LogP contribution in [0.4, 0.5) is 22.7 Å². The number of rotatable bonds is 11. The number of benzene rings is 2. The Balaban J connectivity index is 1.73. The maximum absolute atomic E-state index is 5.72. The van der Waals surface area contributed by atoms with Gasteiger partial charge in [0.1, 0.15) is 0 Å². The van der Waals surface area contributed by atoms with E-state index in [0.29, 0.717) is 6.04 Å². The lowest BCUT2D eigenvalue weighted by Crippen LogP contribution is -2.33. The highest BCUT2D eigenvalue weighted by atomic mass is 14.9. The van der Waals surface area contributed by atoms with Gasteiger partial charge in [-0.15, -0.1) is 0 Å². The summed E-state index contributed by atoms with van der Waals surface area (Å²) in [5.41, 5.74) is 15.3. The molecule has 0 amide bonds. The normalized spacial score (nSPS) is 10.8. The summed E-state index contributed by atoms with van der Waals surface area (Å²) in [6.07, 6.45) is 3.30. The molecule has 7 N–H and O–H groups in total. The molecule has 25 heavy (non-hydrogen) atoms. The van der Waals surface area contributed by atoms with Gasteiger partial charge in [0.15, 0.2) is 0 Å². The largest absolute Gasteiger partial charge is 0.399 e. The molecule has 0 spiro atoms. The number of anilines is 4. The molecule has 0 aliphatic heterocycles. The lowest BCUT2D eigenvalue weighted by Gasteiger charge is -2.20. The molecule has 2 rings (SSSR count). The molecule has 5 heteroatoms. The zero-order chi connectivity index (χ0) is 17.9. The molecule has 5 nitrogen and oxygen atoms in total. The fourth-order valence-electron chi connectivity index (χ4n) is 2.68. The number of hydrogen-bond acceptors (Lipinski definition) is 5. The highest BCUT2D eigenvalue weighted by molar-refractivity contribution is 5.51. The van der Waals surface area contributed by atoms with Gasteiger partial charge >= 0.3 is 0 Å². The minimum Gasteiger partial charge on any atom is -0.399 e. The molecule has 0 aliphatic rings. The first-order valence-corrected chi connectivity index (χ1v) is 9.09. The van der Waals surface area contributed by atoms with Gasteiger partial charge in [-0.1, -0.05) is 6.92 Å². The summed E-state index contributed by atoms with van der Waals surface area (Å²) in [6, 6.07) is 16.3. The first-order chi connectivity index (χ1) is 12.2. The lowest BCUT2D eigenvalue weighted by molar-refractivity contribution is 0.471. The predicted octanol–water partition coefficient (Wildman–Crippen LogP) is 3.52. The van der Waals surface area contributed by atoms with Crippen LogP contribution < -0.4 is 27.4 Å². The molecule has 0 heterocycles. The molecule has 0 aliphatic carbocycles. The summed E-state index contributed by atoms with van der Waals surface area (Å²) in [7, 11) is 0. The molecule has 136 valence electrons. The van der Waals surface area contributed by atoms with Crippen molar-refractivity contribution in [2.45, 2.75) is 32.2 Å². The van der Waals surface area contributed by atoms with E-state index in [1.165, 1.54) is 0 Å². The molecule has 2 aromatic rings. The van der Waals surface area contributed by atoms with Gasteiger partial charge in [0.2, 0.25) is 0 Å². The standard InChI is InChI=1S/C20H31N5/c1-2-13-23-20(11-14-24-18-7-3-16(21)4-8-18)12-15-25-19-9-5-17(22)6-10-19/h3-10,20,23-25H,2,11-15,21-22H2,1H3. The van der Waals surface area contributed by atoms with Crippen molar-refractivity contribution >= 4 is 22.7 Å². The highest BCUT2D eigenvalue weighted by Gasteiger charge is 2.07. The fourth-order valence-corrected chi connectivity index (χ4v) is 2.68. The topological polar surface area (TPSA) is 88.1 Å². The molecule has 0 atom stereocenters. The molecule has 0 unspecified atom stereocenters. The summed E-state index contributed by atoms with van der Waals surface area (Å²) in [5.74, 6) is 0. The van der Waals surface area contributed by atoms with Crippen LogP contribution in [0.25, 0.3) is 0 Å². The monoisotopic (exact) mass is 341 g/mol. The quantitative estimate of drug-likeness (QED) is 0.404. The van der Waals surface area contributed by atoms with Crippen LogP contribution in [-0.4, -0.2) is 25.7 Å². The Morgan fingerprint density at radius 2 is 1.16 bits per heavy atom. The van der Waals surface area contributed by atoms with Crippen LogP contribution in [0.5, 0.6) is 0 Å². The SMILES string of the molecule is CCCNC(CCNc1ccc(N)cc1)CCNc1ccc(N)cc1. The van der Waals surface area contributed by atoms with Crippen LogP contribution in [0.15, 0.2) is 48.5 Å². The van der Waals surface area contributed by atoms with Crippen molar-refractivity contribution in [3.05, 3.63) is 48.5 Å². The second-order valence-corrected chi connectivity index (χ2v) is 6.33. The van der Waals surface area contributed by atoms with E-state index in [-0.39, 0.29) is 0 Å². The number of nitrogens with two attached hydrogens (primary N) is 2. The van der Waals surface area contributed by atoms with Crippen molar-refractivity contribution in [1.29, 1.82) is 0 Å². The van der Waals surface area contributed by atoms with Crippen LogP contribution in [0.3, 0.4) is 0 Å². The van der Waals surface area contributed by atoms with Gasteiger partial charge in [-0.2, -0.15) is 0 Å². The van der Waals surface area contributed by atoms with Crippen LogP contribution in [0.2, 0.25) is 0 Å². The van der Waals surface area contributed by atoms with Crippen molar-refractivity contribution < 1.29 is 0 Å². The summed E-state index contributed by atoms with van der Waals surface area (Å²) in [6.45, 7) is 5.12. The van der Waals surface area contributed by atoms with E-state index in [0.717, 1.165) is 61.6 Å². The minimum absolute atomic E-state index is 0.488. The van der Waals surface area contributed by atoms with Gasteiger partial charge in [0.25, 0.3) is 0 Å². The third kappa shape index (κ3) is 7.35. The Morgan fingerprint density at radius 3 is 1.56 bits per heavy atom. The maximum atomic E-state index is 5.72. The molecular weight excluding hydrogens is 310 g/mol. The van der Waals surface area contributed by atoms with Crippen molar-refractivity contribution in [2.75, 3.05) is 41.7 Å². The van der Waals surface area contributed by atoms with Gasteiger partial charge in [-0.05, 0) is 74.3 Å². The molecule has 0 radical (unpaired) electrons. The molecule has 0 bridgehead atoms.